The fourth-order valence-electron chi connectivity index (χ4n) is 1.49. The van der Waals surface area contributed by atoms with Gasteiger partial charge in [-0.05, 0) is 6.92 Å². The molecule has 0 radical (unpaired) electrons. The first-order valence-electron chi connectivity index (χ1n) is 3.35. The standard InChI is InChI=1S/C8H10O3/c1-3-8(11)4-7(2,5-8)6(9)10/h1,11H,4-5H2,2H3,(H,9,10). The largest absolute Gasteiger partial charge is 0.481 e. The van der Waals surface area contributed by atoms with Crippen LogP contribution < -0.4 is 0 Å². The minimum absolute atomic E-state index is 0.159. The van der Waals surface area contributed by atoms with Crippen molar-refractivity contribution in [2.24, 2.45) is 5.41 Å². The molecule has 1 fully saturated rings. The Labute approximate surface area is 65.0 Å². The minimum atomic E-state index is -1.17. The summed E-state index contributed by atoms with van der Waals surface area (Å²) >= 11 is 0. The molecule has 0 amide bonds. The topological polar surface area (TPSA) is 57.5 Å². The van der Waals surface area contributed by atoms with E-state index in [1.165, 1.54) is 0 Å². The Kier molecular flexibility index (Phi) is 1.46. The lowest BCUT2D eigenvalue weighted by Gasteiger charge is -2.45. The number of carboxylic acid groups (broad SMARTS) is 1. The molecule has 3 heteroatoms. The third kappa shape index (κ3) is 1.10. The number of carboxylic acids is 1. The second-order valence-electron chi connectivity index (χ2n) is 3.40. The first-order valence-corrected chi connectivity index (χ1v) is 3.35. The average molecular weight is 154 g/mol. The predicted molar refractivity (Wildman–Crippen MR) is 38.8 cm³/mol. The van der Waals surface area contributed by atoms with E-state index in [1.54, 1.807) is 6.92 Å². The van der Waals surface area contributed by atoms with E-state index in [2.05, 4.69) is 5.92 Å². The first-order chi connectivity index (χ1) is 4.92. The number of carbonyl (C=O) groups is 1. The molecule has 0 heterocycles. The van der Waals surface area contributed by atoms with E-state index < -0.39 is 17.0 Å². The number of hydrogen-bond acceptors (Lipinski definition) is 2. The van der Waals surface area contributed by atoms with Crippen molar-refractivity contribution in [1.29, 1.82) is 0 Å². The monoisotopic (exact) mass is 154 g/mol. The Bertz CT molecular complexity index is 230. The van der Waals surface area contributed by atoms with Crippen molar-refractivity contribution in [3.63, 3.8) is 0 Å². The van der Waals surface area contributed by atoms with Crippen molar-refractivity contribution in [3.05, 3.63) is 0 Å². The Morgan fingerprint density at radius 2 is 2.09 bits per heavy atom. The van der Waals surface area contributed by atoms with Gasteiger partial charge in [0.1, 0.15) is 5.60 Å². The summed E-state index contributed by atoms with van der Waals surface area (Å²) in [5.41, 5.74) is -1.99. The molecule has 0 unspecified atom stereocenters. The van der Waals surface area contributed by atoms with Gasteiger partial charge in [-0.3, -0.25) is 4.79 Å². The molecule has 1 aliphatic carbocycles. The first kappa shape index (κ1) is 8.09. The quantitative estimate of drug-likeness (QED) is 0.532. The van der Waals surface area contributed by atoms with Crippen molar-refractivity contribution >= 4 is 5.97 Å². The van der Waals surface area contributed by atoms with Crippen LogP contribution in [-0.2, 0) is 4.79 Å². The van der Waals surface area contributed by atoms with E-state index in [0.717, 1.165) is 0 Å². The molecule has 0 aromatic carbocycles. The summed E-state index contributed by atoms with van der Waals surface area (Å²) in [4.78, 5) is 10.5. The maximum Gasteiger partial charge on any atom is 0.309 e. The Hall–Kier alpha value is -1.01. The van der Waals surface area contributed by atoms with Crippen LogP contribution in [0.3, 0.4) is 0 Å². The van der Waals surface area contributed by atoms with Crippen LogP contribution in [0, 0.1) is 17.8 Å². The molecule has 0 aromatic rings. The molecule has 1 aliphatic rings. The molecular formula is C8H10O3. The number of aliphatic carboxylic acids is 1. The van der Waals surface area contributed by atoms with Crippen LogP contribution in [-0.4, -0.2) is 21.8 Å². The highest BCUT2D eigenvalue weighted by Crippen LogP contribution is 2.47. The highest BCUT2D eigenvalue weighted by Gasteiger charge is 2.54. The van der Waals surface area contributed by atoms with Crippen molar-refractivity contribution in [1.82, 2.24) is 0 Å². The molecule has 0 aliphatic heterocycles. The highest BCUT2D eigenvalue weighted by atomic mass is 16.4. The van der Waals surface area contributed by atoms with Crippen molar-refractivity contribution in [2.75, 3.05) is 0 Å². The smallest absolute Gasteiger partial charge is 0.309 e. The lowest BCUT2D eigenvalue weighted by molar-refractivity contribution is -0.167. The summed E-state index contributed by atoms with van der Waals surface area (Å²) in [6.07, 6.45) is 5.31. The highest BCUT2D eigenvalue weighted by molar-refractivity contribution is 5.76. The zero-order valence-electron chi connectivity index (χ0n) is 6.29. The second-order valence-corrected chi connectivity index (χ2v) is 3.40. The summed E-state index contributed by atoms with van der Waals surface area (Å²) in [5, 5.41) is 17.9. The van der Waals surface area contributed by atoms with Crippen LogP contribution in [0.1, 0.15) is 19.8 Å². The van der Waals surface area contributed by atoms with E-state index in [0.29, 0.717) is 0 Å². The van der Waals surface area contributed by atoms with E-state index in [4.69, 9.17) is 11.5 Å². The molecule has 1 rings (SSSR count). The number of rotatable bonds is 1. The molecule has 1 saturated carbocycles. The molecule has 0 aromatic heterocycles. The predicted octanol–water partition coefficient (Wildman–Crippen LogP) is 0.235. The van der Waals surface area contributed by atoms with Gasteiger partial charge in [0, 0.05) is 12.8 Å². The molecule has 0 spiro atoms. The Morgan fingerprint density at radius 3 is 2.36 bits per heavy atom. The molecule has 2 N–H and O–H groups in total. The van der Waals surface area contributed by atoms with Gasteiger partial charge in [-0.25, -0.2) is 0 Å². The number of aliphatic hydroxyl groups is 1. The molecule has 0 atom stereocenters. The summed E-state index contributed by atoms with van der Waals surface area (Å²) in [7, 11) is 0. The summed E-state index contributed by atoms with van der Waals surface area (Å²) in [6.45, 7) is 1.58. The lowest BCUT2D eigenvalue weighted by atomic mass is 9.60. The van der Waals surface area contributed by atoms with Gasteiger partial charge in [-0.1, -0.05) is 5.92 Å². The molecular weight excluding hydrogens is 144 g/mol. The molecule has 11 heavy (non-hydrogen) atoms. The van der Waals surface area contributed by atoms with Crippen LogP contribution in [0.4, 0.5) is 0 Å². The number of hydrogen-bond donors (Lipinski definition) is 2. The molecule has 3 nitrogen and oxygen atoms in total. The Balaban J connectivity index is 2.66. The second kappa shape index (κ2) is 1.99. The van der Waals surface area contributed by atoms with Crippen LogP contribution in [0.25, 0.3) is 0 Å². The SMILES string of the molecule is C#CC1(O)CC(C)(C(=O)O)C1. The molecule has 0 saturated heterocycles. The van der Waals surface area contributed by atoms with Crippen molar-refractivity contribution < 1.29 is 15.0 Å². The van der Waals surface area contributed by atoms with Crippen LogP contribution in [0.5, 0.6) is 0 Å². The fraction of sp³-hybridized carbons (Fsp3) is 0.625. The number of terminal acetylenes is 1. The van der Waals surface area contributed by atoms with E-state index in [-0.39, 0.29) is 12.8 Å². The normalized spacial score (nSPS) is 42.3. The average Bonchev–Trinajstić information content (AvgIpc) is 1.84. The van der Waals surface area contributed by atoms with Gasteiger partial charge in [-0.15, -0.1) is 6.42 Å². The third-order valence-electron chi connectivity index (χ3n) is 2.15. The maximum absolute atomic E-state index is 10.5. The lowest BCUT2D eigenvalue weighted by Crippen LogP contribution is -2.53. The van der Waals surface area contributed by atoms with E-state index in [1.807, 2.05) is 0 Å². The molecule has 0 bridgehead atoms. The Morgan fingerprint density at radius 1 is 1.64 bits per heavy atom. The van der Waals surface area contributed by atoms with Crippen molar-refractivity contribution in [2.45, 2.75) is 25.4 Å². The van der Waals surface area contributed by atoms with Crippen LogP contribution >= 0.6 is 0 Å². The van der Waals surface area contributed by atoms with Crippen LogP contribution in [0.2, 0.25) is 0 Å². The van der Waals surface area contributed by atoms with Gasteiger partial charge in [0.2, 0.25) is 0 Å². The summed E-state index contributed by atoms with van der Waals surface area (Å²) < 4.78 is 0. The van der Waals surface area contributed by atoms with E-state index in [9.17, 15) is 9.90 Å². The summed E-state index contributed by atoms with van der Waals surface area (Å²) in [6, 6.07) is 0. The van der Waals surface area contributed by atoms with Gasteiger partial charge >= 0.3 is 5.97 Å². The van der Waals surface area contributed by atoms with Crippen LogP contribution in [0.15, 0.2) is 0 Å². The zero-order valence-corrected chi connectivity index (χ0v) is 6.29. The van der Waals surface area contributed by atoms with Gasteiger partial charge in [0.05, 0.1) is 5.41 Å². The summed E-state index contributed by atoms with van der Waals surface area (Å²) in [5.74, 6) is 1.29. The van der Waals surface area contributed by atoms with Gasteiger partial charge < -0.3 is 10.2 Å². The van der Waals surface area contributed by atoms with E-state index >= 15 is 0 Å². The van der Waals surface area contributed by atoms with Gasteiger partial charge in [0.15, 0.2) is 0 Å². The maximum atomic E-state index is 10.5. The van der Waals surface area contributed by atoms with Gasteiger partial charge in [-0.2, -0.15) is 0 Å². The van der Waals surface area contributed by atoms with Gasteiger partial charge in [0.25, 0.3) is 0 Å². The fourth-order valence-corrected chi connectivity index (χ4v) is 1.49. The van der Waals surface area contributed by atoms with Crippen molar-refractivity contribution in [3.8, 4) is 12.3 Å². The third-order valence-corrected chi connectivity index (χ3v) is 2.15. The zero-order chi connectivity index (χ0) is 8.70. The minimum Gasteiger partial charge on any atom is -0.481 e. The molecule has 60 valence electrons.